The van der Waals surface area contributed by atoms with Gasteiger partial charge in [-0.15, -0.1) is 0 Å². The van der Waals surface area contributed by atoms with Crippen LogP contribution >= 0.6 is 0 Å². The fourth-order valence-electron chi connectivity index (χ4n) is 3.80. The normalized spacial score (nSPS) is 16.2. The first-order valence-electron chi connectivity index (χ1n) is 10.4. The van der Waals surface area contributed by atoms with E-state index >= 15 is 0 Å². The molecule has 1 heterocycles. The second-order valence-corrected chi connectivity index (χ2v) is 7.87. The van der Waals surface area contributed by atoms with Gasteiger partial charge in [0, 0.05) is 31.0 Å². The first-order valence-corrected chi connectivity index (χ1v) is 10.4. The number of nitrogens with zero attached hydrogens (tertiary/aromatic N) is 1. The zero-order valence-corrected chi connectivity index (χ0v) is 16.8. The number of hydrogen-bond donors (Lipinski definition) is 0. The molecule has 1 aliphatic heterocycles. The van der Waals surface area contributed by atoms with E-state index in [4.69, 9.17) is 9.47 Å². The highest BCUT2D eigenvalue weighted by molar-refractivity contribution is 5.98. The Labute approximate surface area is 171 Å². The van der Waals surface area contributed by atoms with Gasteiger partial charge < -0.3 is 14.4 Å². The number of carbonyl (C=O) groups is 2. The molecule has 0 spiro atoms. The molecular weight excluding hydrogens is 366 g/mol. The highest BCUT2D eigenvalue weighted by Gasteiger charge is 2.34. The minimum Gasteiger partial charge on any atom is -0.486 e. The van der Waals surface area contributed by atoms with E-state index in [1.165, 1.54) is 12.8 Å². The van der Waals surface area contributed by atoms with E-state index < -0.39 is 0 Å². The van der Waals surface area contributed by atoms with Gasteiger partial charge in [-0.3, -0.25) is 9.59 Å². The minimum atomic E-state index is -0.0472. The summed E-state index contributed by atoms with van der Waals surface area (Å²) in [5.41, 5.74) is 1.68. The van der Waals surface area contributed by atoms with Crippen molar-refractivity contribution in [2.45, 2.75) is 45.2 Å². The zero-order valence-electron chi connectivity index (χ0n) is 16.8. The Morgan fingerprint density at radius 3 is 2.45 bits per heavy atom. The molecule has 0 N–H and O–H groups in total. The molecule has 1 unspecified atom stereocenters. The number of fused-ring (bicyclic) bond motifs is 1. The molecular formula is C24H27NO4. The van der Waals surface area contributed by atoms with E-state index in [0.29, 0.717) is 42.7 Å². The molecule has 1 fully saturated rings. The molecule has 29 heavy (non-hydrogen) atoms. The Balaban J connectivity index is 1.40. The molecule has 2 aromatic carbocycles. The summed E-state index contributed by atoms with van der Waals surface area (Å²) in [6.07, 6.45) is 2.77. The van der Waals surface area contributed by atoms with Gasteiger partial charge in [-0.25, -0.2) is 0 Å². The van der Waals surface area contributed by atoms with Gasteiger partial charge in [-0.2, -0.15) is 0 Å². The van der Waals surface area contributed by atoms with Crippen molar-refractivity contribution in [1.29, 1.82) is 0 Å². The van der Waals surface area contributed by atoms with E-state index in [1.807, 2.05) is 35.2 Å². The SMILES string of the molecule is CC(C1CC1)N(Cc1ccccc1)C(=O)CCC(=O)c1ccc2c(c1)OCCO2. The monoisotopic (exact) mass is 393 g/mol. The van der Waals surface area contributed by atoms with E-state index in [-0.39, 0.29) is 30.6 Å². The van der Waals surface area contributed by atoms with Crippen LogP contribution in [0, 0.1) is 5.92 Å². The summed E-state index contributed by atoms with van der Waals surface area (Å²) in [4.78, 5) is 27.6. The number of Topliss-reactive ketones (excluding diaryl/α,β-unsaturated/α-hetero) is 1. The summed E-state index contributed by atoms with van der Waals surface area (Å²) in [5.74, 6) is 1.84. The lowest BCUT2D eigenvalue weighted by Gasteiger charge is -2.30. The maximum Gasteiger partial charge on any atom is 0.223 e. The van der Waals surface area contributed by atoms with Crippen LogP contribution in [0.2, 0.25) is 0 Å². The van der Waals surface area contributed by atoms with Gasteiger partial charge in [-0.05, 0) is 49.4 Å². The van der Waals surface area contributed by atoms with Gasteiger partial charge in [0.15, 0.2) is 17.3 Å². The summed E-state index contributed by atoms with van der Waals surface area (Å²) in [5, 5.41) is 0. The number of amides is 1. The average molecular weight is 393 g/mol. The van der Waals surface area contributed by atoms with Crippen LogP contribution in [-0.4, -0.2) is 35.8 Å². The van der Waals surface area contributed by atoms with Crippen molar-refractivity contribution in [3.05, 3.63) is 59.7 Å². The number of carbonyl (C=O) groups excluding carboxylic acids is 2. The van der Waals surface area contributed by atoms with E-state index in [0.717, 1.165) is 5.56 Å². The number of ketones is 1. The molecule has 1 saturated carbocycles. The van der Waals surface area contributed by atoms with Gasteiger partial charge in [0.25, 0.3) is 0 Å². The lowest BCUT2D eigenvalue weighted by atomic mass is 10.0. The maximum atomic E-state index is 13.0. The maximum absolute atomic E-state index is 13.0. The zero-order chi connectivity index (χ0) is 20.2. The quantitative estimate of drug-likeness (QED) is 0.629. The van der Waals surface area contributed by atoms with Crippen LogP contribution in [0.15, 0.2) is 48.5 Å². The first kappa shape index (κ1) is 19.5. The highest BCUT2D eigenvalue weighted by Crippen LogP contribution is 2.36. The third kappa shape index (κ3) is 4.78. The van der Waals surface area contributed by atoms with Crippen LogP contribution in [-0.2, 0) is 11.3 Å². The molecule has 1 atom stereocenters. The molecule has 2 aliphatic rings. The van der Waals surface area contributed by atoms with Crippen LogP contribution in [0.1, 0.15) is 48.5 Å². The molecule has 0 aromatic heterocycles. The van der Waals surface area contributed by atoms with E-state index in [9.17, 15) is 9.59 Å². The average Bonchev–Trinajstić information content (AvgIpc) is 3.61. The lowest BCUT2D eigenvalue weighted by Crippen LogP contribution is -2.39. The predicted molar refractivity (Wildman–Crippen MR) is 110 cm³/mol. The Morgan fingerprint density at radius 2 is 1.72 bits per heavy atom. The number of benzene rings is 2. The van der Waals surface area contributed by atoms with Crippen molar-refractivity contribution < 1.29 is 19.1 Å². The molecule has 5 heteroatoms. The van der Waals surface area contributed by atoms with E-state index in [2.05, 4.69) is 6.92 Å². The van der Waals surface area contributed by atoms with Crippen LogP contribution in [0.3, 0.4) is 0 Å². The third-order valence-corrected chi connectivity index (χ3v) is 5.74. The number of hydrogen-bond acceptors (Lipinski definition) is 4. The Morgan fingerprint density at radius 1 is 1.00 bits per heavy atom. The van der Waals surface area contributed by atoms with Crippen molar-refractivity contribution in [2.75, 3.05) is 13.2 Å². The Kier molecular flexibility index (Phi) is 5.84. The van der Waals surface area contributed by atoms with Crippen molar-refractivity contribution in [1.82, 2.24) is 4.90 Å². The summed E-state index contributed by atoms with van der Waals surface area (Å²) in [7, 11) is 0. The number of ether oxygens (including phenoxy) is 2. The molecule has 2 aromatic rings. The summed E-state index contributed by atoms with van der Waals surface area (Å²) in [6, 6.07) is 15.5. The molecule has 1 amide bonds. The lowest BCUT2D eigenvalue weighted by molar-refractivity contribution is -0.134. The van der Waals surface area contributed by atoms with Gasteiger partial charge in [0.05, 0.1) is 0 Å². The van der Waals surface area contributed by atoms with Crippen LogP contribution in [0.5, 0.6) is 11.5 Å². The topological polar surface area (TPSA) is 55.8 Å². The Hall–Kier alpha value is -2.82. The van der Waals surface area contributed by atoms with Crippen molar-refractivity contribution in [3.63, 3.8) is 0 Å². The van der Waals surface area contributed by atoms with Crippen molar-refractivity contribution >= 4 is 11.7 Å². The van der Waals surface area contributed by atoms with Crippen molar-refractivity contribution in [3.8, 4) is 11.5 Å². The van der Waals surface area contributed by atoms with Gasteiger partial charge >= 0.3 is 0 Å². The van der Waals surface area contributed by atoms with Crippen LogP contribution in [0.4, 0.5) is 0 Å². The number of rotatable bonds is 8. The summed E-state index contributed by atoms with van der Waals surface area (Å²) in [6.45, 7) is 3.72. The molecule has 5 nitrogen and oxygen atoms in total. The van der Waals surface area contributed by atoms with Gasteiger partial charge in [-0.1, -0.05) is 30.3 Å². The Bertz CT molecular complexity index is 876. The van der Waals surface area contributed by atoms with Crippen LogP contribution < -0.4 is 9.47 Å². The highest BCUT2D eigenvalue weighted by atomic mass is 16.6. The first-order chi connectivity index (χ1) is 14.1. The smallest absolute Gasteiger partial charge is 0.223 e. The minimum absolute atomic E-state index is 0.0409. The van der Waals surface area contributed by atoms with Crippen molar-refractivity contribution in [2.24, 2.45) is 5.92 Å². The van der Waals surface area contributed by atoms with Gasteiger partial charge in [0.1, 0.15) is 13.2 Å². The fraction of sp³-hybridized carbons (Fsp3) is 0.417. The third-order valence-electron chi connectivity index (χ3n) is 5.74. The largest absolute Gasteiger partial charge is 0.486 e. The van der Waals surface area contributed by atoms with E-state index in [1.54, 1.807) is 18.2 Å². The molecule has 1 aliphatic carbocycles. The second kappa shape index (κ2) is 8.68. The summed E-state index contributed by atoms with van der Waals surface area (Å²) >= 11 is 0. The molecule has 0 radical (unpaired) electrons. The predicted octanol–water partition coefficient (Wildman–Crippen LogP) is 4.25. The van der Waals surface area contributed by atoms with Gasteiger partial charge in [0.2, 0.25) is 5.91 Å². The van der Waals surface area contributed by atoms with Crippen LogP contribution in [0.25, 0.3) is 0 Å². The standard InChI is InChI=1S/C24H27NO4/c1-17(19-7-8-19)25(16-18-5-3-2-4-6-18)24(27)12-10-21(26)20-9-11-22-23(15-20)29-14-13-28-22/h2-6,9,11,15,17,19H,7-8,10,12-14,16H2,1H3. The molecule has 4 rings (SSSR count). The molecule has 152 valence electrons. The second-order valence-electron chi connectivity index (χ2n) is 7.87. The fourth-order valence-corrected chi connectivity index (χ4v) is 3.80. The summed E-state index contributed by atoms with van der Waals surface area (Å²) < 4.78 is 11.1. The molecule has 0 saturated heterocycles. The molecule has 0 bridgehead atoms.